The van der Waals surface area contributed by atoms with Crippen LogP contribution in [0, 0.1) is 11.8 Å². The Morgan fingerprint density at radius 1 is 1.29 bits per heavy atom. The minimum atomic E-state index is -0.137. The molecular weight excluding hydrogens is 257 g/mol. The quantitative estimate of drug-likeness (QED) is 0.894. The van der Waals surface area contributed by atoms with Crippen molar-refractivity contribution in [3.63, 3.8) is 0 Å². The molecular formula is C13H17Cl2NO. The van der Waals surface area contributed by atoms with Gasteiger partial charge in [0, 0.05) is 28.9 Å². The van der Waals surface area contributed by atoms with E-state index < -0.39 is 0 Å². The summed E-state index contributed by atoms with van der Waals surface area (Å²) in [6.07, 6.45) is 0.249. The minimum Gasteiger partial charge on any atom is -0.330 e. The van der Waals surface area contributed by atoms with Crippen LogP contribution in [0.25, 0.3) is 0 Å². The summed E-state index contributed by atoms with van der Waals surface area (Å²) >= 11 is 12.1. The number of ketones is 1. The molecule has 1 aromatic rings. The number of Topliss-reactive ketones (excluding diaryl/α,β-unsaturated/α-hetero) is 1. The van der Waals surface area contributed by atoms with E-state index in [0.29, 0.717) is 22.2 Å². The molecule has 0 bridgehead atoms. The molecule has 0 radical (unpaired) electrons. The number of benzene rings is 1. The third-order valence-corrected chi connectivity index (χ3v) is 3.59. The molecule has 2 nitrogen and oxygen atoms in total. The first-order chi connectivity index (χ1) is 7.97. The van der Waals surface area contributed by atoms with Crippen molar-refractivity contribution in [2.45, 2.75) is 20.3 Å². The molecule has 0 saturated carbocycles. The van der Waals surface area contributed by atoms with Crippen molar-refractivity contribution < 1.29 is 4.79 Å². The Kier molecular flexibility index (Phi) is 5.44. The second kappa shape index (κ2) is 6.39. The van der Waals surface area contributed by atoms with Crippen molar-refractivity contribution >= 4 is 29.0 Å². The summed E-state index contributed by atoms with van der Waals surface area (Å²) in [5, 5.41) is 1.07. The van der Waals surface area contributed by atoms with Gasteiger partial charge in [0.2, 0.25) is 0 Å². The van der Waals surface area contributed by atoms with Gasteiger partial charge in [0.1, 0.15) is 5.78 Å². The molecule has 1 rings (SSSR count). The molecule has 0 amide bonds. The maximum atomic E-state index is 12.1. The number of hydrogen-bond donors (Lipinski definition) is 1. The Hall–Kier alpha value is -0.570. The van der Waals surface area contributed by atoms with Gasteiger partial charge in [-0.15, -0.1) is 0 Å². The second-order valence-electron chi connectivity index (χ2n) is 4.43. The fourth-order valence-electron chi connectivity index (χ4n) is 1.78. The van der Waals surface area contributed by atoms with Crippen LogP contribution in [0.2, 0.25) is 10.0 Å². The lowest BCUT2D eigenvalue weighted by atomic mass is 9.88. The lowest BCUT2D eigenvalue weighted by Gasteiger charge is -2.18. The SMILES string of the molecule is CC(C)C(CN)C(=O)Cc1c(Cl)cccc1Cl. The van der Waals surface area contributed by atoms with Crippen LogP contribution in [0.3, 0.4) is 0 Å². The van der Waals surface area contributed by atoms with Crippen molar-refractivity contribution in [1.29, 1.82) is 0 Å². The monoisotopic (exact) mass is 273 g/mol. The maximum absolute atomic E-state index is 12.1. The van der Waals surface area contributed by atoms with E-state index in [9.17, 15) is 4.79 Å². The molecule has 1 aromatic carbocycles. The summed E-state index contributed by atoms with van der Waals surface area (Å²) in [6, 6.07) is 5.24. The zero-order chi connectivity index (χ0) is 13.0. The highest BCUT2D eigenvalue weighted by atomic mass is 35.5. The van der Waals surface area contributed by atoms with Gasteiger partial charge >= 0.3 is 0 Å². The van der Waals surface area contributed by atoms with Gasteiger partial charge < -0.3 is 5.73 Å². The lowest BCUT2D eigenvalue weighted by molar-refractivity contribution is -0.123. The van der Waals surface area contributed by atoms with Crippen LogP contribution in [0.1, 0.15) is 19.4 Å². The normalized spacial score (nSPS) is 12.8. The third-order valence-electron chi connectivity index (χ3n) is 2.88. The maximum Gasteiger partial charge on any atom is 0.141 e. The smallest absolute Gasteiger partial charge is 0.141 e. The zero-order valence-corrected chi connectivity index (χ0v) is 11.6. The third kappa shape index (κ3) is 3.70. The van der Waals surface area contributed by atoms with Crippen LogP contribution in [0.5, 0.6) is 0 Å². The minimum absolute atomic E-state index is 0.0949. The summed E-state index contributed by atoms with van der Waals surface area (Å²) in [5.74, 6) is 0.189. The van der Waals surface area contributed by atoms with Gasteiger partial charge in [-0.1, -0.05) is 43.1 Å². The Labute approximate surface area is 112 Å². The molecule has 17 heavy (non-hydrogen) atoms. The fraction of sp³-hybridized carbons (Fsp3) is 0.462. The molecule has 0 heterocycles. The van der Waals surface area contributed by atoms with Crippen molar-refractivity contribution in [2.75, 3.05) is 6.54 Å². The number of carbonyl (C=O) groups is 1. The van der Waals surface area contributed by atoms with Gasteiger partial charge in [-0.25, -0.2) is 0 Å². The van der Waals surface area contributed by atoms with Crippen molar-refractivity contribution in [3.05, 3.63) is 33.8 Å². The van der Waals surface area contributed by atoms with Gasteiger partial charge in [0.15, 0.2) is 0 Å². The molecule has 1 unspecified atom stereocenters. The molecule has 0 aliphatic rings. The molecule has 0 aliphatic heterocycles. The zero-order valence-electron chi connectivity index (χ0n) is 10.0. The molecule has 94 valence electrons. The topological polar surface area (TPSA) is 43.1 Å². The molecule has 0 aliphatic carbocycles. The van der Waals surface area contributed by atoms with Crippen LogP contribution in [0.15, 0.2) is 18.2 Å². The predicted molar refractivity (Wildman–Crippen MR) is 72.6 cm³/mol. The van der Waals surface area contributed by atoms with Crippen LogP contribution in [-0.4, -0.2) is 12.3 Å². The van der Waals surface area contributed by atoms with Crippen molar-refractivity contribution in [1.82, 2.24) is 0 Å². The fourth-order valence-corrected chi connectivity index (χ4v) is 2.31. The summed E-state index contributed by atoms with van der Waals surface area (Å²) in [5.41, 5.74) is 6.31. The number of carbonyl (C=O) groups excluding carboxylic acids is 1. The van der Waals surface area contributed by atoms with Crippen molar-refractivity contribution in [2.24, 2.45) is 17.6 Å². The van der Waals surface area contributed by atoms with E-state index in [1.807, 2.05) is 13.8 Å². The van der Waals surface area contributed by atoms with Gasteiger partial charge in [-0.2, -0.15) is 0 Å². The number of halogens is 2. The lowest BCUT2D eigenvalue weighted by Crippen LogP contribution is -2.29. The van der Waals surface area contributed by atoms with Crippen LogP contribution in [0.4, 0.5) is 0 Å². The molecule has 0 spiro atoms. The first-order valence-corrected chi connectivity index (χ1v) is 6.38. The van der Waals surface area contributed by atoms with Crippen LogP contribution < -0.4 is 5.73 Å². The van der Waals surface area contributed by atoms with Crippen LogP contribution in [-0.2, 0) is 11.2 Å². The second-order valence-corrected chi connectivity index (χ2v) is 5.24. The van der Waals surface area contributed by atoms with Gasteiger partial charge in [-0.05, 0) is 23.6 Å². The highest BCUT2D eigenvalue weighted by Crippen LogP contribution is 2.26. The molecule has 4 heteroatoms. The predicted octanol–water partition coefficient (Wildman–Crippen LogP) is 3.34. The summed E-state index contributed by atoms with van der Waals surface area (Å²) < 4.78 is 0. The molecule has 0 fully saturated rings. The van der Waals surface area contributed by atoms with E-state index >= 15 is 0 Å². The Bertz CT molecular complexity index is 384. The Morgan fingerprint density at radius 3 is 2.24 bits per heavy atom. The number of nitrogens with two attached hydrogens (primary N) is 1. The van der Waals surface area contributed by atoms with E-state index in [1.165, 1.54) is 0 Å². The highest BCUT2D eigenvalue weighted by Gasteiger charge is 2.22. The van der Waals surface area contributed by atoms with Crippen molar-refractivity contribution in [3.8, 4) is 0 Å². The molecule has 1 atom stereocenters. The highest BCUT2D eigenvalue weighted by molar-refractivity contribution is 6.36. The van der Waals surface area contributed by atoms with E-state index in [0.717, 1.165) is 0 Å². The standard InChI is InChI=1S/C13H17Cl2NO/c1-8(2)10(7-16)13(17)6-9-11(14)4-3-5-12(9)15/h3-5,8,10H,6-7,16H2,1-2H3. The molecule has 2 N–H and O–H groups in total. The summed E-state index contributed by atoms with van der Waals surface area (Å²) in [4.78, 5) is 12.1. The Morgan fingerprint density at radius 2 is 1.82 bits per heavy atom. The average molecular weight is 274 g/mol. The average Bonchev–Trinajstić information content (AvgIpc) is 2.24. The molecule has 0 aromatic heterocycles. The van der Waals surface area contributed by atoms with E-state index in [1.54, 1.807) is 18.2 Å². The largest absolute Gasteiger partial charge is 0.330 e. The van der Waals surface area contributed by atoms with E-state index in [4.69, 9.17) is 28.9 Å². The summed E-state index contributed by atoms with van der Waals surface area (Å²) in [6.45, 7) is 4.34. The first kappa shape index (κ1) is 14.5. The van der Waals surface area contributed by atoms with E-state index in [2.05, 4.69) is 0 Å². The number of rotatable bonds is 5. The Balaban J connectivity index is 2.87. The molecule has 0 saturated heterocycles. The van der Waals surface area contributed by atoms with Gasteiger partial charge in [-0.3, -0.25) is 4.79 Å². The van der Waals surface area contributed by atoms with Crippen LogP contribution >= 0.6 is 23.2 Å². The van der Waals surface area contributed by atoms with Gasteiger partial charge in [0.25, 0.3) is 0 Å². The van der Waals surface area contributed by atoms with E-state index in [-0.39, 0.29) is 24.0 Å². The first-order valence-electron chi connectivity index (χ1n) is 5.63. The van der Waals surface area contributed by atoms with Gasteiger partial charge in [0.05, 0.1) is 0 Å². The number of hydrogen-bond acceptors (Lipinski definition) is 2. The summed E-state index contributed by atoms with van der Waals surface area (Å²) in [7, 11) is 0.